The number of nitrogens with one attached hydrogen (secondary N) is 2. The lowest BCUT2D eigenvalue weighted by molar-refractivity contribution is -0.121. The lowest BCUT2D eigenvalue weighted by Crippen LogP contribution is -2.48. The number of hydrogen-bond acceptors (Lipinski definition) is 3. The third-order valence-corrected chi connectivity index (χ3v) is 4.35. The predicted molar refractivity (Wildman–Crippen MR) is 93.4 cm³/mol. The quantitative estimate of drug-likeness (QED) is 0.907. The van der Waals surface area contributed by atoms with E-state index in [-0.39, 0.29) is 11.7 Å². The highest BCUT2D eigenvalue weighted by Gasteiger charge is 2.29. The van der Waals surface area contributed by atoms with Crippen molar-refractivity contribution >= 4 is 11.6 Å². The smallest absolute Gasteiger partial charge is 0.246 e. The molecule has 24 heavy (non-hydrogen) atoms. The minimum Gasteiger partial charge on any atom is -0.324 e. The SMILES string of the molecule is Cc1ccccc1NC(=O)C(c1ccc(F)cc1)N1CCNCC1. The van der Waals surface area contributed by atoms with Crippen molar-refractivity contribution in [1.82, 2.24) is 10.2 Å². The number of benzene rings is 2. The van der Waals surface area contributed by atoms with Crippen LogP contribution in [0, 0.1) is 12.7 Å². The Morgan fingerprint density at radius 3 is 2.46 bits per heavy atom. The number of carbonyl (C=O) groups excluding carboxylic acids is 1. The largest absolute Gasteiger partial charge is 0.324 e. The van der Waals surface area contributed by atoms with Crippen molar-refractivity contribution < 1.29 is 9.18 Å². The Balaban J connectivity index is 1.87. The fraction of sp³-hybridized carbons (Fsp3) is 0.316. The number of para-hydroxylation sites is 1. The predicted octanol–water partition coefficient (Wildman–Crippen LogP) is 2.72. The van der Waals surface area contributed by atoms with E-state index in [1.807, 2.05) is 31.2 Å². The number of halogens is 1. The molecule has 1 saturated heterocycles. The molecule has 0 spiro atoms. The first-order valence-electron chi connectivity index (χ1n) is 8.22. The maximum absolute atomic E-state index is 13.3. The number of hydrogen-bond donors (Lipinski definition) is 2. The van der Waals surface area contributed by atoms with Crippen LogP contribution in [-0.2, 0) is 4.79 Å². The molecule has 0 aromatic heterocycles. The van der Waals surface area contributed by atoms with Gasteiger partial charge in [0, 0.05) is 31.9 Å². The molecule has 0 saturated carbocycles. The van der Waals surface area contributed by atoms with Crippen molar-refractivity contribution in [2.75, 3.05) is 31.5 Å². The van der Waals surface area contributed by atoms with Gasteiger partial charge in [0.2, 0.25) is 5.91 Å². The summed E-state index contributed by atoms with van der Waals surface area (Å²) < 4.78 is 13.3. The van der Waals surface area contributed by atoms with Gasteiger partial charge in [-0.15, -0.1) is 0 Å². The van der Waals surface area contributed by atoms with E-state index in [0.717, 1.165) is 43.0 Å². The van der Waals surface area contributed by atoms with Crippen LogP contribution in [0.2, 0.25) is 0 Å². The van der Waals surface area contributed by atoms with Gasteiger partial charge in [-0.3, -0.25) is 9.69 Å². The van der Waals surface area contributed by atoms with Gasteiger partial charge in [0.05, 0.1) is 0 Å². The third-order valence-electron chi connectivity index (χ3n) is 4.35. The molecule has 2 aromatic rings. The molecule has 1 amide bonds. The zero-order valence-electron chi connectivity index (χ0n) is 13.8. The van der Waals surface area contributed by atoms with Crippen LogP contribution in [0.5, 0.6) is 0 Å². The topological polar surface area (TPSA) is 44.4 Å². The Bertz CT molecular complexity index is 696. The van der Waals surface area contributed by atoms with Gasteiger partial charge in [-0.2, -0.15) is 0 Å². The van der Waals surface area contributed by atoms with Gasteiger partial charge < -0.3 is 10.6 Å². The minimum atomic E-state index is -0.424. The number of amides is 1. The molecule has 2 N–H and O–H groups in total. The highest BCUT2D eigenvalue weighted by Crippen LogP contribution is 2.24. The van der Waals surface area contributed by atoms with E-state index < -0.39 is 6.04 Å². The summed E-state index contributed by atoms with van der Waals surface area (Å²) in [6, 6.07) is 13.5. The highest BCUT2D eigenvalue weighted by molar-refractivity contribution is 5.96. The molecule has 5 heteroatoms. The summed E-state index contributed by atoms with van der Waals surface area (Å²) in [5.74, 6) is -0.380. The van der Waals surface area contributed by atoms with Crippen LogP contribution in [0.4, 0.5) is 10.1 Å². The number of nitrogens with zero attached hydrogens (tertiary/aromatic N) is 1. The molecule has 1 fully saturated rings. The maximum atomic E-state index is 13.3. The standard InChI is InChI=1S/C19H22FN3O/c1-14-4-2-3-5-17(14)22-19(24)18(23-12-10-21-11-13-23)15-6-8-16(20)9-7-15/h2-9,18,21H,10-13H2,1H3,(H,22,24). The van der Waals surface area contributed by atoms with Gasteiger partial charge in [-0.25, -0.2) is 4.39 Å². The first-order chi connectivity index (χ1) is 11.6. The van der Waals surface area contributed by atoms with Crippen LogP contribution >= 0.6 is 0 Å². The molecule has 1 unspecified atom stereocenters. The molecule has 3 rings (SSSR count). The average molecular weight is 327 g/mol. The molecule has 1 heterocycles. The normalized spacial score (nSPS) is 16.6. The van der Waals surface area contributed by atoms with Gasteiger partial charge in [-0.1, -0.05) is 30.3 Å². The molecule has 2 aromatic carbocycles. The highest BCUT2D eigenvalue weighted by atomic mass is 19.1. The molecular formula is C19H22FN3O. The van der Waals surface area contributed by atoms with Crippen LogP contribution in [0.3, 0.4) is 0 Å². The third kappa shape index (κ3) is 3.80. The molecule has 1 atom stereocenters. The van der Waals surface area contributed by atoms with E-state index in [2.05, 4.69) is 15.5 Å². The van der Waals surface area contributed by atoms with Crippen molar-refractivity contribution in [2.45, 2.75) is 13.0 Å². The Morgan fingerprint density at radius 1 is 1.12 bits per heavy atom. The number of rotatable bonds is 4. The minimum absolute atomic E-state index is 0.0854. The number of aryl methyl sites for hydroxylation is 1. The monoisotopic (exact) mass is 327 g/mol. The zero-order valence-corrected chi connectivity index (χ0v) is 13.8. The van der Waals surface area contributed by atoms with E-state index in [1.165, 1.54) is 12.1 Å². The molecule has 0 bridgehead atoms. The number of anilines is 1. The summed E-state index contributed by atoms with van der Waals surface area (Å²) in [5.41, 5.74) is 2.64. The number of carbonyl (C=O) groups is 1. The van der Waals surface area contributed by atoms with Gasteiger partial charge in [-0.05, 0) is 36.2 Å². The Labute approximate surface area is 141 Å². The Kier molecular flexibility index (Phi) is 5.23. The molecule has 126 valence electrons. The second-order valence-corrected chi connectivity index (χ2v) is 6.04. The number of piperazine rings is 1. The summed E-state index contributed by atoms with van der Waals surface area (Å²) in [6.45, 7) is 5.21. The van der Waals surface area contributed by atoms with Gasteiger partial charge in [0.15, 0.2) is 0 Å². The van der Waals surface area contributed by atoms with Gasteiger partial charge in [0.1, 0.15) is 11.9 Å². The molecular weight excluding hydrogens is 305 g/mol. The van der Waals surface area contributed by atoms with Crippen molar-refractivity contribution in [2.24, 2.45) is 0 Å². The second kappa shape index (κ2) is 7.55. The van der Waals surface area contributed by atoms with Gasteiger partial charge in [0.25, 0.3) is 0 Å². The average Bonchev–Trinajstić information content (AvgIpc) is 2.60. The molecule has 0 aliphatic carbocycles. The fourth-order valence-corrected chi connectivity index (χ4v) is 3.03. The Hall–Kier alpha value is -2.24. The van der Waals surface area contributed by atoms with E-state index in [0.29, 0.717) is 0 Å². The van der Waals surface area contributed by atoms with Crippen molar-refractivity contribution in [3.63, 3.8) is 0 Å². The summed E-state index contributed by atoms with van der Waals surface area (Å²) >= 11 is 0. The summed E-state index contributed by atoms with van der Waals surface area (Å²) in [6.07, 6.45) is 0. The van der Waals surface area contributed by atoms with Crippen LogP contribution < -0.4 is 10.6 Å². The van der Waals surface area contributed by atoms with E-state index >= 15 is 0 Å². The van der Waals surface area contributed by atoms with Gasteiger partial charge >= 0.3 is 0 Å². The molecule has 0 radical (unpaired) electrons. The molecule has 1 aliphatic rings. The first kappa shape index (κ1) is 16.6. The van der Waals surface area contributed by atoms with E-state index in [4.69, 9.17) is 0 Å². The lowest BCUT2D eigenvalue weighted by Gasteiger charge is -2.34. The lowest BCUT2D eigenvalue weighted by atomic mass is 10.0. The fourth-order valence-electron chi connectivity index (χ4n) is 3.03. The second-order valence-electron chi connectivity index (χ2n) is 6.04. The van der Waals surface area contributed by atoms with E-state index in [9.17, 15) is 9.18 Å². The van der Waals surface area contributed by atoms with Crippen molar-refractivity contribution in [3.05, 3.63) is 65.5 Å². The molecule has 4 nitrogen and oxygen atoms in total. The molecule has 1 aliphatic heterocycles. The Morgan fingerprint density at radius 2 is 1.79 bits per heavy atom. The van der Waals surface area contributed by atoms with Crippen LogP contribution in [0.25, 0.3) is 0 Å². The van der Waals surface area contributed by atoms with Crippen LogP contribution in [0.15, 0.2) is 48.5 Å². The summed E-state index contributed by atoms with van der Waals surface area (Å²) in [5, 5.41) is 6.32. The van der Waals surface area contributed by atoms with Crippen LogP contribution in [-0.4, -0.2) is 37.0 Å². The van der Waals surface area contributed by atoms with Crippen molar-refractivity contribution in [3.8, 4) is 0 Å². The first-order valence-corrected chi connectivity index (χ1v) is 8.22. The maximum Gasteiger partial charge on any atom is 0.246 e. The summed E-state index contributed by atoms with van der Waals surface area (Å²) in [7, 11) is 0. The summed E-state index contributed by atoms with van der Waals surface area (Å²) in [4.78, 5) is 15.1. The van der Waals surface area contributed by atoms with E-state index in [1.54, 1.807) is 12.1 Å². The van der Waals surface area contributed by atoms with Crippen LogP contribution in [0.1, 0.15) is 17.2 Å². The van der Waals surface area contributed by atoms with Crippen molar-refractivity contribution in [1.29, 1.82) is 0 Å². The zero-order chi connectivity index (χ0) is 16.9.